The van der Waals surface area contributed by atoms with Crippen molar-refractivity contribution in [1.29, 1.82) is 0 Å². The van der Waals surface area contributed by atoms with Crippen LogP contribution < -0.4 is 5.32 Å². The summed E-state index contributed by atoms with van der Waals surface area (Å²) in [5.74, 6) is 3.79. The monoisotopic (exact) mass is 321 g/mol. The van der Waals surface area contributed by atoms with E-state index in [2.05, 4.69) is 30.6 Å². The van der Waals surface area contributed by atoms with Crippen LogP contribution >= 0.6 is 23.1 Å². The van der Waals surface area contributed by atoms with Gasteiger partial charge in [-0.1, -0.05) is 19.8 Å². The lowest BCUT2D eigenvalue weighted by atomic mass is 9.91. The van der Waals surface area contributed by atoms with E-state index in [1.807, 2.05) is 11.8 Å². The average Bonchev–Trinajstić information content (AvgIpc) is 2.94. The third kappa shape index (κ3) is 3.69. The summed E-state index contributed by atoms with van der Waals surface area (Å²) in [5, 5.41) is 7.41. The minimum Gasteiger partial charge on any atom is -0.370 e. The van der Waals surface area contributed by atoms with Crippen LogP contribution in [0.3, 0.4) is 0 Å². The number of hydrogen-bond donors (Lipinski definition) is 1. The smallest absolute Gasteiger partial charge is 0.142 e. The highest BCUT2D eigenvalue weighted by Crippen LogP contribution is 2.34. The largest absolute Gasteiger partial charge is 0.370 e. The van der Waals surface area contributed by atoms with Gasteiger partial charge < -0.3 is 5.32 Å². The van der Waals surface area contributed by atoms with Gasteiger partial charge in [-0.3, -0.25) is 0 Å². The van der Waals surface area contributed by atoms with Crippen molar-refractivity contribution in [2.75, 3.05) is 11.9 Å². The molecule has 0 amide bonds. The molecule has 1 fully saturated rings. The van der Waals surface area contributed by atoms with Gasteiger partial charge >= 0.3 is 0 Å². The molecule has 2 heterocycles. The minimum absolute atomic E-state index is 0.791. The summed E-state index contributed by atoms with van der Waals surface area (Å²) in [5.41, 5.74) is 0. The summed E-state index contributed by atoms with van der Waals surface area (Å²) in [6, 6.07) is 2.11. The first kappa shape index (κ1) is 15.1. The highest BCUT2D eigenvalue weighted by Gasteiger charge is 2.19. The first-order chi connectivity index (χ1) is 10.3. The molecule has 114 valence electrons. The van der Waals surface area contributed by atoms with Crippen molar-refractivity contribution in [1.82, 2.24) is 9.97 Å². The zero-order chi connectivity index (χ0) is 14.7. The summed E-state index contributed by atoms with van der Waals surface area (Å²) in [7, 11) is 0. The number of aromatic nitrogens is 2. The summed E-state index contributed by atoms with van der Waals surface area (Å²) in [6.45, 7) is 5.39. The molecule has 0 saturated heterocycles. The van der Waals surface area contributed by atoms with Crippen molar-refractivity contribution < 1.29 is 0 Å². The normalized spacial score (nSPS) is 22.6. The third-order valence-electron chi connectivity index (χ3n) is 4.05. The van der Waals surface area contributed by atoms with Crippen molar-refractivity contribution >= 4 is 39.1 Å². The number of rotatable bonds is 5. The molecular weight excluding hydrogens is 298 g/mol. The van der Waals surface area contributed by atoms with E-state index in [0.717, 1.165) is 45.3 Å². The molecule has 0 radical (unpaired) electrons. The lowest BCUT2D eigenvalue weighted by Crippen LogP contribution is -2.15. The van der Waals surface area contributed by atoms with Gasteiger partial charge in [0.2, 0.25) is 0 Å². The van der Waals surface area contributed by atoms with Gasteiger partial charge in [0.05, 0.1) is 11.1 Å². The van der Waals surface area contributed by atoms with Gasteiger partial charge in [0.15, 0.2) is 0 Å². The number of nitrogens with zero attached hydrogens (tertiary/aromatic N) is 2. The molecule has 2 unspecified atom stereocenters. The summed E-state index contributed by atoms with van der Waals surface area (Å²) >= 11 is 3.75. The van der Waals surface area contributed by atoms with Crippen LogP contribution in [0.1, 0.15) is 45.4 Å². The molecule has 1 N–H and O–H groups in total. The van der Waals surface area contributed by atoms with Crippen LogP contribution in [0.25, 0.3) is 10.2 Å². The molecule has 1 aliphatic carbocycles. The Kier molecular flexibility index (Phi) is 5.01. The molecule has 21 heavy (non-hydrogen) atoms. The molecule has 2 aromatic heterocycles. The lowest BCUT2D eigenvalue weighted by Gasteiger charge is -2.25. The highest BCUT2D eigenvalue weighted by molar-refractivity contribution is 7.99. The molecule has 0 spiro atoms. The summed E-state index contributed by atoms with van der Waals surface area (Å²) in [6.07, 6.45) is 5.49. The Bertz CT molecular complexity index is 596. The number of hydrogen-bond acceptors (Lipinski definition) is 5. The number of thioether (sulfide) groups is 1. The molecule has 5 heteroatoms. The van der Waals surface area contributed by atoms with Gasteiger partial charge in [-0.05, 0) is 37.1 Å². The summed E-state index contributed by atoms with van der Waals surface area (Å²) < 4.78 is 0. The fourth-order valence-corrected chi connectivity index (χ4v) is 5.08. The van der Waals surface area contributed by atoms with Crippen molar-refractivity contribution in [3.63, 3.8) is 0 Å². The second-order valence-corrected chi connectivity index (χ2v) is 8.05. The topological polar surface area (TPSA) is 37.8 Å². The van der Waals surface area contributed by atoms with E-state index in [0.29, 0.717) is 0 Å². The van der Waals surface area contributed by atoms with Gasteiger partial charge in [0, 0.05) is 11.8 Å². The van der Waals surface area contributed by atoms with Gasteiger partial charge in [-0.25, -0.2) is 9.97 Å². The van der Waals surface area contributed by atoms with E-state index in [4.69, 9.17) is 9.97 Å². The average molecular weight is 322 g/mol. The molecular formula is C16H23N3S2. The number of fused-ring (bicyclic) bond motifs is 1. The maximum Gasteiger partial charge on any atom is 0.142 e. The van der Waals surface area contributed by atoms with Gasteiger partial charge in [-0.2, -0.15) is 11.8 Å². The minimum atomic E-state index is 0.791. The molecule has 0 bridgehead atoms. The Labute approximate surface area is 135 Å². The Morgan fingerprint density at radius 3 is 3.10 bits per heavy atom. The molecule has 0 aromatic carbocycles. The van der Waals surface area contributed by atoms with Crippen LogP contribution in [0.2, 0.25) is 0 Å². The molecule has 2 atom stereocenters. The van der Waals surface area contributed by atoms with E-state index in [1.165, 1.54) is 25.7 Å². The number of anilines is 1. The first-order valence-corrected chi connectivity index (χ1v) is 9.78. The number of thiophene rings is 1. The Morgan fingerprint density at radius 1 is 1.38 bits per heavy atom. The van der Waals surface area contributed by atoms with Gasteiger partial charge in [0.25, 0.3) is 0 Å². The second-order valence-electron chi connectivity index (χ2n) is 5.86. The van der Waals surface area contributed by atoms with Crippen molar-refractivity contribution in [2.24, 2.45) is 5.92 Å². The van der Waals surface area contributed by atoms with Crippen molar-refractivity contribution in [3.05, 3.63) is 17.3 Å². The van der Waals surface area contributed by atoms with Gasteiger partial charge in [0.1, 0.15) is 16.5 Å². The van der Waals surface area contributed by atoms with Crippen LogP contribution in [-0.4, -0.2) is 21.8 Å². The molecule has 1 saturated carbocycles. The zero-order valence-electron chi connectivity index (χ0n) is 12.8. The van der Waals surface area contributed by atoms with E-state index in [9.17, 15) is 0 Å². The van der Waals surface area contributed by atoms with Crippen LogP contribution in [0.15, 0.2) is 11.4 Å². The van der Waals surface area contributed by atoms with Gasteiger partial charge in [-0.15, -0.1) is 11.3 Å². The van der Waals surface area contributed by atoms with Crippen LogP contribution in [0, 0.1) is 5.92 Å². The Balaban J connectivity index is 1.71. The van der Waals surface area contributed by atoms with E-state index in [1.54, 1.807) is 11.3 Å². The SMILES string of the molecule is CCNc1nc(CSC2CCCC(C)C2)nc2sccc12. The standard InChI is InChI=1S/C16H23N3S2/c1-3-17-15-13-7-8-20-16(13)19-14(18-15)10-21-12-6-4-5-11(2)9-12/h7-8,11-12H,3-6,9-10H2,1-2H3,(H,17,18,19). The fourth-order valence-electron chi connectivity index (χ4n) is 2.99. The van der Waals surface area contributed by atoms with Crippen molar-refractivity contribution in [3.8, 4) is 0 Å². The Morgan fingerprint density at radius 2 is 2.29 bits per heavy atom. The third-order valence-corrected chi connectivity index (χ3v) is 6.18. The van der Waals surface area contributed by atoms with Crippen LogP contribution in [-0.2, 0) is 5.75 Å². The quantitative estimate of drug-likeness (QED) is 0.847. The van der Waals surface area contributed by atoms with Crippen LogP contribution in [0.5, 0.6) is 0 Å². The van der Waals surface area contributed by atoms with E-state index in [-0.39, 0.29) is 0 Å². The summed E-state index contributed by atoms with van der Waals surface area (Å²) in [4.78, 5) is 10.6. The number of nitrogens with one attached hydrogen (secondary N) is 1. The van der Waals surface area contributed by atoms with Crippen molar-refractivity contribution in [2.45, 2.75) is 50.5 Å². The maximum atomic E-state index is 4.73. The molecule has 3 rings (SSSR count). The predicted molar refractivity (Wildman–Crippen MR) is 94.3 cm³/mol. The molecule has 0 aliphatic heterocycles. The first-order valence-electron chi connectivity index (χ1n) is 7.86. The zero-order valence-corrected chi connectivity index (χ0v) is 14.4. The lowest BCUT2D eigenvalue weighted by molar-refractivity contribution is 0.394. The molecule has 1 aliphatic rings. The van der Waals surface area contributed by atoms with E-state index < -0.39 is 0 Å². The predicted octanol–water partition coefficient (Wildman–Crippen LogP) is 4.94. The van der Waals surface area contributed by atoms with E-state index >= 15 is 0 Å². The highest BCUT2D eigenvalue weighted by atomic mass is 32.2. The van der Waals surface area contributed by atoms with Crippen LogP contribution in [0.4, 0.5) is 5.82 Å². The molecule has 3 nitrogen and oxygen atoms in total. The Hall–Kier alpha value is -0.810. The maximum absolute atomic E-state index is 4.73. The fraction of sp³-hybridized carbons (Fsp3) is 0.625. The molecule has 2 aromatic rings. The second kappa shape index (κ2) is 6.97.